The predicted molar refractivity (Wildman–Crippen MR) is 82.8 cm³/mol. The number of rotatable bonds is 5. The predicted octanol–water partition coefficient (Wildman–Crippen LogP) is 3.15. The number of halogens is 1. The molecule has 2 rings (SSSR count). The van der Waals surface area contributed by atoms with E-state index in [-0.39, 0.29) is 19.0 Å². The summed E-state index contributed by atoms with van der Waals surface area (Å²) in [6.07, 6.45) is 0. The van der Waals surface area contributed by atoms with E-state index in [9.17, 15) is 9.18 Å². The molecule has 0 aliphatic rings. The number of aliphatic hydroxyl groups is 1. The van der Waals surface area contributed by atoms with E-state index in [0.717, 1.165) is 0 Å². The van der Waals surface area contributed by atoms with Crippen molar-refractivity contribution in [3.63, 3.8) is 0 Å². The smallest absolute Gasteiger partial charge is 0.323 e. The fourth-order valence-corrected chi connectivity index (χ4v) is 1.79. The molecule has 6 heteroatoms. The van der Waals surface area contributed by atoms with Crippen LogP contribution in [0.15, 0.2) is 42.5 Å². The zero-order chi connectivity index (χ0) is 15.9. The van der Waals surface area contributed by atoms with Gasteiger partial charge in [-0.1, -0.05) is 12.1 Å². The van der Waals surface area contributed by atoms with Crippen LogP contribution in [0.1, 0.15) is 5.56 Å². The van der Waals surface area contributed by atoms with Gasteiger partial charge in [-0.3, -0.25) is 0 Å². The Balaban J connectivity index is 1.98. The summed E-state index contributed by atoms with van der Waals surface area (Å²) in [6, 6.07) is 10.7. The highest BCUT2D eigenvalue weighted by Crippen LogP contribution is 2.18. The average Bonchev–Trinajstić information content (AvgIpc) is 2.49. The van der Waals surface area contributed by atoms with Crippen LogP contribution in [-0.2, 0) is 0 Å². The molecule has 0 aliphatic carbocycles. The molecule has 3 N–H and O–H groups in total. The molecule has 0 unspecified atom stereocenters. The van der Waals surface area contributed by atoms with Gasteiger partial charge >= 0.3 is 6.03 Å². The molecule has 2 amide bonds. The number of hydrogen-bond donors (Lipinski definition) is 3. The molecule has 2 aromatic rings. The molecule has 5 nitrogen and oxygen atoms in total. The minimum absolute atomic E-state index is 0.0862. The van der Waals surface area contributed by atoms with E-state index in [0.29, 0.717) is 22.7 Å². The van der Waals surface area contributed by atoms with Gasteiger partial charge in [-0.15, -0.1) is 0 Å². The fourth-order valence-electron chi connectivity index (χ4n) is 1.79. The van der Waals surface area contributed by atoms with Gasteiger partial charge in [0.05, 0.1) is 6.61 Å². The fraction of sp³-hybridized carbons (Fsp3) is 0.188. The SMILES string of the molecule is Cc1ccc(NC(=O)Nc2cccc(OCCO)c2)cc1F. The van der Waals surface area contributed by atoms with E-state index >= 15 is 0 Å². The average molecular weight is 304 g/mol. The lowest BCUT2D eigenvalue weighted by Gasteiger charge is -2.10. The number of hydrogen-bond acceptors (Lipinski definition) is 3. The van der Waals surface area contributed by atoms with Gasteiger partial charge in [-0.2, -0.15) is 0 Å². The zero-order valence-corrected chi connectivity index (χ0v) is 12.1. The highest BCUT2D eigenvalue weighted by Gasteiger charge is 2.05. The van der Waals surface area contributed by atoms with E-state index < -0.39 is 6.03 Å². The van der Waals surface area contributed by atoms with Crippen molar-refractivity contribution in [2.75, 3.05) is 23.8 Å². The van der Waals surface area contributed by atoms with Crippen LogP contribution in [0.3, 0.4) is 0 Å². The highest BCUT2D eigenvalue weighted by atomic mass is 19.1. The Kier molecular flexibility index (Phi) is 5.32. The number of nitrogens with one attached hydrogen (secondary N) is 2. The second-order valence-electron chi connectivity index (χ2n) is 4.64. The van der Waals surface area contributed by atoms with Crippen LogP contribution in [0.4, 0.5) is 20.6 Å². The van der Waals surface area contributed by atoms with Gasteiger partial charge in [0.25, 0.3) is 0 Å². The molecule has 0 radical (unpaired) electrons. The Hall–Kier alpha value is -2.60. The number of anilines is 2. The third kappa shape index (κ3) is 4.46. The van der Waals surface area contributed by atoms with E-state index in [1.165, 1.54) is 6.07 Å². The summed E-state index contributed by atoms with van der Waals surface area (Å²) in [7, 11) is 0. The number of aliphatic hydroxyl groups excluding tert-OH is 1. The number of carbonyl (C=O) groups excluding carboxylic acids is 1. The Labute approximate surface area is 127 Å². The molecule has 0 aliphatic heterocycles. The first kappa shape index (κ1) is 15.8. The second-order valence-corrected chi connectivity index (χ2v) is 4.64. The molecule has 22 heavy (non-hydrogen) atoms. The number of amides is 2. The van der Waals surface area contributed by atoms with Crippen molar-refractivity contribution in [3.05, 3.63) is 53.8 Å². The molecule has 0 atom stereocenters. The first-order valence-corrected chi connectivity index (χ1v) is 6.76. The maximum Gasteiger partial charge on any atom is 0.323 e. The van der Waals surface area contributed by atoms with Gasteiger partial charge in [-0.25, -0.2) is 9.18 Å². The molecular formula is C16H17FN2O3. The van der Waals surface area contributed by atoms with Crippen molar-refractivity contribution in [3.8, 4) is 5.75 Å². The quantitative estimate of drug-likeness (QED) is 0.794. The summed E-state index contributed by atoms with van der Waals surface area (Å²) in [5.74, 6) is 0.158. The number of urea groups is 1. The molecule has 116 valence electrons. The zero-order valence-electron chi connectivity index (χ0n) is 12.1. The van der Waals surface area contributed by atoms with Crippen molar-refractivity contribution >= 4 is 17.4 Å². The summed E-state index contributed by atoms with van der Waals surface area (Å²) in [4.78, 5) is 11.9. The summed E-state index contributed by atoms with van der Waals surface area (Å²) in [5, 5.41) is 13.9. The monoisotopic (exact) mass is 304 g/mol. The van der Waals surface area contributed by atoms with Crippen molar-refractivity contribution in [2.45, 2.75) is 6.92 Å². The van der Waals surface area contributed by atoms with Crippen molar-refractivity contribution in [2.24, 2.45) is 0 Å². The molecule has 0 fully saturated rings. The van der Waals surface area contributed by atoms with Gasteiger partial charge in [0.15, 0.2) is 0 Å². The van der Waals surface area contributed by atoms with Crippen molar-refractivity contribution < 1.29 is 19.0 Å². The molecule has 2 aromatic carbocycles. The van der Waals surface area contributed by atoms with Crippen LogP contribution in [-0.4, -0.2) is 24.4 Å². The molecule has 0 spiro atoms. The Bertz CT molecular complexity index is 662. The van der Waals surface area contributed by atoms with E-state index in [1.54, 1.807) is 43.3 Å². The Morgan fingerprint density at radius 3 is 2.59 bits per heavy atom. The Morgan fingerprint density at radius 2 is 1.91 bits per heavy atom. The molecule has 0 saturated carbocycles. The van der Waals surface area contributed by atoms with E-state index in [4.69, 9.17) is 9.84 Å². The Morgan fingerprint density at radius 1 is 1.18 bits per heavy atom. The first-order valence-electron chi connectivity index (χ1n) is 6.76. The maximum absolute atomic E-state index is 13.4. The number of carbonyl (C=O) groups is 1. The standard InChI is InChI=1S/C16H17FN2O3/c1-11-5-6-13(10-15(11)17)19-16(21)18-12-3-2-4-14(9-12)22-8-7-20/h2-6,9-10,20H,7-8H2,1H3,(H2,18,19,21). The molecule has 0 heterocycles. The number of ether oxygens (including phenoxy) is 1. The summed E-state index contributed by atoms with van der Waals surface area (Å²) in [5.41, 5.74) is 1.41. The first-order chi connectivity index (χ1) is 10.6. The van der Waals surface area contributed by atoms with Crippen molar-refractivity contribution in [1.82, 2.24) is 0 Å². The number of benzene rings is 2. The lowest BCUT2D eigenvalue weighted by atomic mass is 10.2. The molecule has 0 bridgehead atoms. The lowest BCUT2D eigenvalue weighted by molar-refractivity contribution is 0.201. The highest BCUT2D eigenvalue weighted by molar-refractivity contribution is 5.99. The van der Waals surface area contributed by atoms with Crippen LogP contribution in [0.2, 0.25) is 0 Å². The second kappa shape index (κ2) is 7.42. The molecule has 0 aromatic heterocycles. The van der Waals surface area contributed by atoms with Crippen LogP contribution in [0.5, 0.6) is 5.75 Å². The summed E-state index contributed by atoms with van der Waals surface area (Å²) in [6.45, 7) is 1.74. The molecular weight excluding hydrogens is 287 g/mol. The van der Waals surface area contributed by atoms with Crippen LogP contribution >= 0.6 is 0 Å². The molecule has 0 saturated heterocycles. The number of aryl methyl sites for hydroxylation is 1. The van der Waals surface area contributed by atoms with Gasteiger partial charge in [0, 0.05) is 17.4 Å². The summed E-state index contributed by atoms with van der Waals surface area (Å²) >= 11 is 0. The normalized spacial score (nSPS) is 10.1. The minimum atomic E-state index is -0.484. The maximum atomic E-state index is 13.4. The van der Waals surface area contributed by atoms with Gasteiger partial charge in [-0.05, 0) is 36.8 Å². The van der Waals surface area contributed by atoms with E-state index in [2.05, 4.69) is 10.6 Å². The lowest BCUT2D eigenvalue weighted by Crippen LogP contribution is -2.19. The van der Waals surface area contributed by atoms with Gasteiger partial charge in [0.2, 0.25) is 0 Å². The summed E-state index contributed by atoms with van der Waals surface area (Å²) < 4.78 is 18.7. The van der Waals surface area contributed by atoms with Crippen molar-refractivity contribution in [1.29, 1.82) is 0 Å². The van der Waals surface area contributed by atoms with Crippen LogP contribution in [0, 0.1) is 12.7 Å². The van der Waals surface area contributed by atoms with E-state index in [1.807, 2.05) is 0 Å². The largest absolute Gasteiger partial charge is 0.491 e. The van der Waals surface area contributed by atoms with Gasteiger partial charge < -0.3 is 20.5 Å². The third-order valence-electron chi connectivity index (χ3n) is 2.88. The topological polar surface area (TPSA) is 70.6 Å². The minimum Gasteiger partial charge on any atom is -0.491 e. The van der Waals surface area contributed by atoms with Crippen LogP contribution < -0.4 is 15.4 Å². The third-order valence-corrected chi connectivity index (χ3v) is 2.88. The van der Waals surface area contributed by atoms with Gasteiger partial charge in [0.1, 0.15) is 18.2 Å². The van der Waals surface area contributed by atoms with Crippen LogP contribution in [0.25, 0.3) is 0 Å².